The highest BCUT2D eigenvalue weighted by atomic mass is 16.5. The number of ether oxygens (including phenoxy) is 1. The van der Waals surface area contributed by atoms with Crippen LogP contribution in [0.1, 0.15) is 24.8 Å². The first-order chi connectivity index (χ1) is 12.5. The Morgan fingerprint density at radius 2 is 1.92 bits per heavy atom. The molecule has 1 aromatic rings. The normalized spacial score (nSPS) is 21.7. The minimum atomic E-state index is -0.950. The number of carboxylic acids is 1. The summed E-state index contributed by atoms with van der Waals surface area (Å²) < 4.78 is 4.81. The van der Waals surface area contributed by atoms with Crippen molar-refractivity contribution in [3.05, 3.63) is 35.9 Å². The molecule has 0 radical (unpaired) electrons. The molecule has 0 saturated heterocycles. The first kappa shape index (κ1) is 18.0. The summed E-state index contributed by atoms with van der Waals surface area (Å²) >= 11 is 0. The van der Waals surface area contributed by atoms with Gasteiger partial charge in [-0.25, -0.2) is 4.79 Å². The number of amides is 2. The van der Waals surface area contributed by atoms with Crippen molar-refractivity contribution < 1.29 is 24.2 Å². The van der Waals surface area contributed by atoms with Gasteiger partial charge in [-0.3, -0.25) is 14.5 Å². The number of carbonyl (C=O) groups is 3. The van der Waals surface area contributed by atoms with E-state index >= 15 is 0 Å². The number of anilines is 2. The average Bonchev–Trinajstić information content (AvgIpc) is 2.66. The second-order valence-electron chi connectivity index (χ2n) is 6.55. The Bertz CT molecular complexity index is 758. The molecule has 0 unspecified atom stereocenters. The zero-order valence-electron chi connectivity index (χ0n) is 14.6. The monoisotopic (exact) mass is 358 g/mol. The molecule has 0 fully saturated rings. The molecule has 1 heterocycles. The summed E-state index contributed by atoms with van der Waals surface area (Å²) in [6.45, 7) is 0.597. The third-order valence-electron chi connectivity index (χ3n) is 4.95. The van der Waals surface area contributed by atoms with E-state index in [9.17, 15) is 19.5 Å². The number of allylic oxidation sites excluding steroid dienone is 2. The fourth-order valence-corrected chi connectivity index (χ4v) is 3.59. The maximum Gasteiger partial charge on any atom is 0.414 e. The second-order valence-corrected chi connectivity index (χ2v) is 6.55. The molecule has 2 N–H and O–H groups in total. The number of nitrogens with zero attached hydrogens (tertiary/aromatic N) is 1. The molecular weight excluding hydrogens is 336 g/mol. The molecule has 1 aliphatic carbocycles. The van der Waals surface area contributed by atoms with Crippen LogP contribution in [0, 0.1) is 11.8 Å². The molecule has 1 aliphatic heterocycles. The zero-order chi connectivity index (χ0) is 18.7. The molecular formula is C19H22N2O5. The minimum absolute atomic E-state index is 0.290. The van der Waals surface area contributed by atoms with E-state index in [1.807, 2.05) is 18.2 Å². The number of aliphatic carboxylic acids is 1. The van der Waals surface area contributed by atoms with E-state index in [0.29, 0.717) is 25.1 Å². The van der Waals surface area contributed by atoms with Crippen LogP contribution in [0.4, 0.5) is 16.2 Å². The van der Waals surface area contributed by atoms with Crippen molar-refractivity contribution in [2.75, 3.05) is 23.9 Å². The molecule has 0 spiro atoms. The highest BCUT2D eigenvalue weighted by Gasteiger charge is 2.34. The fourth-order valence-electron chi connectivity index (χ4n) is 3.59. The maximum absolute atomic E-state index is 12.6. The summed E-state index contributed by atoms with van der Waals surface area (Å²) in [4.78, 5) is 37.4. The number of fused-ring (bicyclic) bond motifs is 1. The molecule has 2 atom stereocenters. The van der Waals surface area contributed by atoms with Crippen LogP contribution >= 0.6 is 0 Å². The van der Waals surface area contributed by atoms with Gasteiger partial charge in [-0.15, -0.1) is 0 Å². The molecule has 0 saturated carbocycles. The van der Waals surface area contributed by atoms with Crippen molar-refractivity contribution in [1.29, 1.82) is 0 Å². The third-order valence-corrected chi connectivity index (χ3v) is 4.95. The number of benzene rings is 1. The van der Waals surface area contributed by atoms with E-state index in [1.54, 1.807) is 17.0 Å². The van der Waals surface area contributed by atoms with E-state index in [4.69, 9.17) is 4.74 Å². The van der Waals surface area contributed by atoms with Crippen molar-refractivity contribution in [3.8, 4) is 0 Å². The van der Waals surface area contributed by atoms with Crippen LogP contribution in [0.15, 0.2) is 30.4 Å². The quantitative estimate of drug-likeness (QED) is 0.810. The van der Waals surface area contributed by atoms with Crippen molar-refractivity contribution >= 4 is 29.3 Å². The second kappa shape index (κ2) is 7.59. The van der Waals surface area contributed by atoms with Gasteiger partial charge >= 0.3 is 12.1 Å². The van der Waals surface area contributed by atoms with Crippen LogP contribution in [0.3, 0.4) is 0 Å². The van der Waals surface area contributed by atoms with E-state index in [0.717, 1.165) is 24.1 Å². The van der Waals surface area contributed by atoms with E-state index in [-0.39, 0.29) is 5.91 Å². The van der Waals surface area contributed by atoms with Gasteiger partial charge in [0.2, 0.25) is 5.91 Å². The van der Waals surface area contributed by atoms with Crippen LogP contribution in [0.25, 0.3) is 0 Å². The van der Waals surface area contributed by atoms with Gasteiger partial charge in [0.05, 0.1) is 24.6 Å². The molecule has 2 aliphatic rings. The number of carboxylic acid groups (broad SMARTS) is 1. The molecule has 3 rings (SSSR count). The Labute approximate surface area is 151 Å². The molecule has 2 amide bonds. The fraction of sp³-hybridized carbons (Fsp3) is 0.421. The van der Waals surface area contributed by atoms with Crippen molar-refractivity contribution in [1.82, 2.24) is 0 Å². The molecule has 26 heavy (non-hydrogen) atoms. The predicted molar refractivity (Wildman–Crippen MR) is 96.1 cm³/mol. The van der Waals surface area contributed by atoms with Gasteiger partial charge in [-0.2, -0.15) is 0 Å². The van der Waals surface area contributed by atoms with Crippen molar-refractivity contribution in [3.63, 3.8) is 0 Å². The van der Waals surface area contributed by atoms with Gasteiger partial charge in [0, 0.05) is 12.2 Å². The van der Waals surface area contributed by atoms with E-state index < -0.39 is 23.9 Å². The number of rotatable bonds is 3. The Hall–Kier alpha value is -2.83. The standard InChI is InChI=1S/C19H22N2O5/c1-26-19(25)21-10-4-5-12-11-13(8-9-16(12)21)20-17(22)14-6-2-3-7-15(14)18(23)24/h2-3,8-9,11,14-15H,4-7,10H2,1H3,(H,20,22)(H,23,24)/t14-,15+/m1/s1. The summed E-state index contributed by atoms with van der Waals surface area (Å²) in [7, 11) is 1.35. The maximum atomic E-state index is 12.6. The first-order valence-corrected chi connectivity index (χ1v) is 8.68. The lowest BCUT2D eigenvalue weighted by Crippen LogP contribution is -2.36. The van der Waals surface area contributed by atoms with Gasteiger partial charge in [-0.05, 0) is 49.4 Å². The Kier molecular flexibility index (Phi) is 5.25. The Balaban J connectivity index is 1.77. The summed E-state index contributed by atoms with van der Waals surface area (Å²) in [6.07, 6.45) is 5.66. The van der Waals surface area contributed by atoms with Gasteiger partial charge in [-0.1, -0.05) is 12.2 Å². The highest BCUT2D eigenvalue weighted by Crippen LogP contribution is 2.31. The Morgan fingerprint density at radius 3 is 2.62 bits per heavy atom. The minimum Gasteiger partial charge on any atom is -0.481 e. The largest absolute Gasteiger partial charge is 0.481 e. The van der Waals surface area contributed by atoms with Gasteiger partial charge in [0.25, 0.3) is 0 Å². The predicted octanol–water partition coefficient (Wildman–Crippen LogP) is 2.81. The lowest BCUT2D eigenvalue weighted by atomic mass is 9.82. The summed E-state index contributed by atoms with van der Waals surface area (Å²) in [5.41, 5.74) is 2.35. The van der Waals surface area contributed by atoms with Crippen LogP contribution < -0.4 is 10.2 Å². The molecule has 7 heteroatoms. The number of methoxy groups -OCH3 is 1. The lowest BCUT2D eigenvalue weighted by Gasteiger charge is -2.29. The van der Waals surface area contributed by atoms with Gasteiger partial charge < -0.3 is 15.2 Å². The van der Waals surface area contributed by atoms with E-state index in [2.05, 4.69) is 5.32 Å². The summed E-state index contributed by atoms with van der Waals surface area (Å²) in [5.74, 6) is -2.52. The van der Waals surface area contributed by atoms with Crippen LogP contribution in [0.5, 0.6) is 0 Å². The van der Waals surface area contributed by atoms with Crippen LogP contribution in [0.2, 0.25) is 0 Å². The number of hydrogen-bond donors (Lipinski definition) is 2. The topological polar surface area (TPSA) is 95.9 Å². The number of aryl methyl sites for hydroxylation is 1. The number of hydrogen-bond acceptors (Lipinski definition) is 4. The van der Waals surface area contributed by atoms with Gasteiger partial charge in [0.1, 0.15) is 0 Å². The molecule has 0 bridgehead atoms. The number of carbonyl (C=O) groups excluding carboxylic acids is 2. The average molecular weight is 358 g/mol. The molecule has 0 aromatic heterocycles. The highest BCUT2D eigenvalue weighted by molar-refractivity contribution is 5.96. The van der Waals surface area contributed by atoms with E-state index in [1.165, 1.54) is 7.11 Å². The van der Waals surface area contributed by atoms with Gasteiger partial charge in [0.15, 0.2) is 0 Å². The number of nitrogens with one attached hydrogen (secondary N) is 1. The lowest BCUT2D eigenvalue weighted by molar-refractivity contribution is -0.146. The van der Waals surface area contributed by atoms with Crippen LogP contribution in [-0.4, -0.2) is 36.7 Å². The SMILES string of the molecule is COC(=O)N1CCCc2cc(NC(=O)[C@@H]3CC=CC[C@@H]3C(=O)O)ccc21. The summed E-state index contributed by atoms with van der Waals surface area (Å²) in [5, 5.41) is 12.2. The molecule has 138 valence electrons. The molecule has 1 aromatic carbocycles. The third kappa shape index (κ3) is 3.56. The molecule has 7 nitrogen and oxygen atoms in total. The first-order valence-electron chi connectivity index (χ1n) is 8.68. The van der Waals surface area contributed by atoms with Crippen molar-refractivity contribution in [2.24, 2.45) is 11.8 Å². The zero-order valence-corrected chi connectivity index (χ0v) is 14.6. The summed E-state index contributed by atoms with van der Waals surface area (Å²) in [6, 6.07) is 5.36. The van der Waals surface area contributed by atoms with Crippen LogP contribution in [-0.2, 0) is 20.7 Å². The van der Waals surface area contributed by atoms with Crippen molar-refractivity contribution in [2.45, 2.75) is 25.7 Å². The smallest absolute Gasteiger partial charge is 0.414 e. The Morgan fingerprint density at radius 1 is 1.19 bits per heavy atom.